The van der Waals surface area contributed by atoms with Gasteiger partial charge in [0.2, 0.25) is 0 Å². The molecule has 2 rings (SSSR count). The minimum absolute atomic E-state index is 0.108. The van der Waals surface area contributed by atoms with Gasteiger partial charge in [-0.1, -0.05) is 0 Å². The number of benzene rings is 1. The van der Waals surface area contributed by atoms with Crippen molar-refractivity contribution in [2.24, 2.45) is 0 Å². The van der Waals surface area contributed by atoms with E-state index in [1.807, 2.05) is 20.8 Å². The molecule has 1 aliphatic rings. The SMILES string of the molecule is CC(C)(C)OC(=O)c1ccc(NO)c(CN(C(=O)OC(C)(C)C)C2CC2)c1. The molecule has 0 spiro atoms. The van der Waals surface area contributed by atoms with Crippen LogP contribution in [0.5, 0.6) is 0 Å². The first-order chi connectivity index (χ1) is 12.4. The largest absolute Gasteiger partial charge is 0.456 e. The third kappa shape index (κ3) is 6.43. The Labute approximate surface area is 160 Å². The third-order valence-corrected chi connectivity index (χ3v) is 3.82. The molecule has 2 N–H and O–H groups in total. The Morgan fingerprint density at radius 3 is 2.19 bits per heavy atom. The summed E-state index contributed by atoms with van der Waals surface area (Å²) < 4.78 is 10.9. The maximum atomic E-state index is 12.6. The second kappa shape index (κ2) is 7.76. The zero-order valence-corrected chi connectivity index (χ0v) is 17.0. The van der Waals surface area contributed by atoms with E-state index in [2.05, 4.69) is 5.48 Å². The van der Waals surface area contributed by atoms with Gasteiger partial charge in [-0.05, 0) is 78.1 Å². The quantitative estimate of drug-likeness (QED) is 0.585. The van der Waals surface area contributed by atoms with Gasteiger partial charge in [-0.2, -0.15) is 0 Å². The third-order valence-electron chi connectivity index (χ3n) is 3.82. The lowest BCUT2D eigenvalue weighted by Crippen LogP contribution is -2.38. The average molecular weight is 378 g/mol. The second-order valence-electron chi connectivity index (χ2n) is 8.83. The molecule has 0 aromatic heterocycles. The highest BCUT2D eigenvalue weighted by Crippen LogP contribution is 2.31. The number of anilines is 1. The zero-order valence-electron chi connectivity index (χ0n) is 17.0. The first-order valence-corrected chi connectivity index (χ1v) is 9.15. The molecule has 0 saturated heterocycles. The topological polar surface area (TPSA) is 88.1 Å². The van der Waals surface area contributed by atoms with E-state index in [9.17, 15) is 14.8 Å². The highest BCUT2D eigenvalue weighted by Gasteiger charge is 2.35. The van der Waals surface area contributed by atoms with Gasteiger partial charge < -0.3 is 14.4 Å². The number of nitrogens with one attached hydrogen (secondary N) is 1. The van der Waals surface area contributed by atoms with Crippen molar-refractivity contribution in [1.82, 2.24) is 4.90 Å². The van der Waals surface area contributed by atoms with E-state index in [1.165, 1.54) is 0 Å². The summed E-state index contributed by atoms with van der Waals surface area (Å²) in [6.07, 6.45) is 1.41. The van der Waals surface area contributed by atoms with Crippen LogP contribution in [0, 0.1) is 0 Å². The number of carbonyl (C=O) groups excluding carboxylic acids is 2. The van der Waals surface area contributed by atoms with Crippen molar-refractivity contribution in [3.05, 3.63) is 29.3 Å². The van der Waals surface area contributed by atoms with Crippen LogP contribution in [0.3, 0.4) is 0 Å². The van der Waals surface area contributed by atoms with E-state index in [4.69, 9.17) is 9.47 Å². The van der Waals surface area contributed by atoms with Crippen molar-refractivity contribution >= 4 is 17.7 Å². The Bertz CT molecular complexity index is 699. The van der Waals surface area contributed by atoms with Crippen LogP contribution in [-0.4, -0.2) is 39.4 Å². The fourth-order valence-corrected chi connectivity index (χ4v) is 2.53. The van der Waals surface area contributed by atoms with E-state index in [-0.39, 0.29) is 12.6 Å². The van der Waals surface area contributed by atoms with Crippen molar-refractivity contribution in [3.63, 3.8) is 0 Å². The van der Waals surface area contributed by atoms with Crippen LogP contribution in [0.25, 0.3) is 0 Å². The lowest BCUT2D eigenvalue weighted by atomic mass is 10.1. The van der Waals surface area contributed by atoms with Gasteiger partial charge in [-0.25, -0.2) is 9.59 Å². The molecule has 1 saturated carbocycles. The Balaban J connectivity index is 2.25. The van der Waals surface area contributed by atoms with E-state index in [1.54, 1.807) is 43.9 Å². The number of hydrogen-bond donors (Lipinski definition) is 2. The van der Waals surface area contributed by atoms with Gasteiger partial charge in [0.25, 0.3) is 0 Å². The first-order valence-electron chi connectivity index (χ1n) is 9.15. The molecule has 1 amide bonds. The van der Waals surface area contributed by atoms with E-state index in [0.29, 0.717) is 16.8 Å². The summed E-state index contributed by atoms with van der Waals surface area (Å²) in [6, 6.07) is 4.91. The normalized spacial score (nSPS) is 14.5. The second-order valence-corrected chi connectivity index (χ2v) is 8.83. The predicted octanol–water partition coefficient (Wildman–Crippen LogP) is 4.34. The minimum atomic E-state index is -0.609. The fourth-order valence-electron chi connectivity index (χ4n) is 2.53. The molecule has 1 aromatic rings. The molecule has 0 aliphatic heterocycles. The smallest absolute Gasteiger partial charge is 0.410 e. The van der Waals surface area contributed by atoms with E-state index in [0.717, 1.165) is 12.8 Å². The lowest BCUT2D eigenvalue weighted by molar-refractivity contribution is 0.00691. The molecule has 0 radical (unpaired) electrons. The molecule has 1 fully saturated rings. The first kappa shape index (κ1) is 21.0. The Kier molecular flexibility index (Phi) is 6.04. The number of amides is 1. The molecular weight excluding hydrogens is 348 g/mol. The summed E-state index contributed by atoms with van der Waals surface area (Å²) in [5.41, 5.74) is 2.32. The molecule has 7 nitrogen and oxygen atoms in total. The maximum absolute atomic E-state index is 12.6. The summed E-state index contributed by atoms with van der Waals surface area (Å²) in [7, 11) is 0. The molecule has 1 aliphatic carbocycles. The number of esters is 1. The fraction of sp³-hybridized carbons (Fsp3) is 0.600. The van der Waals surface area contributed by atoms with Crippen LogP contribution < -0.4 is 5.48 Å². The Morgan fingerprint density at radius 2 is 1.70 bits per heavy atom. The van der Waals surface area contributed by atoms with Crippen LogP contribution >= 0.6 is 0 Å². The average Bonchev–Trinajstić information content (AvgIpc) is 3.33. The summed E-state index contributed by atoms with van der Waals surface area (Å²) in [5, 5.41) is 9.43. The Morgan fingerprint density at radius 1 is 1.11 bits per heavy atom. The van der Waals surface area contributed by atoms with Gasteiger partial charge in [0.1, 0.15) is 11.2 Å². The molecular formula is C20H30N2O5. The Hall–Kier alpha value is -2.28. The summed E-state index contributed by atoms with van der Waals surface area (Å²) >= 11 is 0. The van der Waals surface area contributed by atoms with Crippen LogP contribution in [0.2, 0.25) is 0 Å². The molecule has 27 heavy (non-hydrogen) atoms. The summed E-state index contributed by atoms with van der Waals surface area (Å²) in [5.74, 6) is -0.455. The van der Waals surface area contributed by atoms with Crippen molar-refractivity contribution in [1.29, 1.82) is 0 Å². The molecule has 1 aromatic carbocycles. The van der Waals surface area contributed by atoms with Crippen LogP contribution in [0.4, 0.5) is 10.5 Å². The van der Waals surface area contributed by atoms with Gasteiger partial charge in [0.05, 0.1) is 17.8 Å². The minimum Gasteiger partial charge on any atom is -0.456 e. The molecule has 0 heterocycles. The lowest BCUT2D eigenvalue weighted by Gasteiger charge is -2.28. The number of nitrogens with zero attached hydrogens (tertiary/aromatic N) is 1. The summed E-state index contributed by atoms with van der Waals surface area (Å²) in [6.45, 7) is 11.1. The van der Waals surface area contributed by atoms with Gasteiger partial charge >= 0.3 is 12.1 Å². The number of rotatable bonds is 5. The van der Waals surface area contributed by atoms with Gasteiger partial charge in [-0.15, -0.1) is 0 Å². The standard InChI is InChI=1S/C20H30N2O5/c1-19(2,3)26-17(23)13-7-10-16(21-25)14(11-13)12-22(15-8-9-15)18(24)27-20(4,5)6/h7,10-11,15,21,25H,8-9,12H2,1-6H3. The van der Waals surface area contributed by atoms with Crippen LogP contribution in [0.15, 0.2) is 18.2 Å². The van der Waals surface area contributed by atoms with E-state index >= 15 is 0 Å². The molecule has 150 valence electrons. The van der Waals surface area contributed by atoms with Crippen LogP contribution in [0.1, 0.15) is 70.3 Å². The number of hydrogen-bond acceptors (Lipinski definition) is 6. The van der Waals surface area contributed by atoms with Crippen molar-refractivity contribution < 1.29 is 24.3 Å². The highest BCUT2D eigenvalue weighted by atomic mass is 16.6. The molecule has 0 unspecified atom stereocenters. The van der Waals surface area contributed by atoms with Crippen molar-refractivity contribution in [2.75, 3.05) is 5.48 Å². The number of carbonyl (C=O) groups is 2. The zero-order chi connectivity index (χ0) is 20.4. The molecule has 0 atom stereocenters. The van der Waals surface area contributed by atoms with Crippen molar-refractivity contribution in [2.45, 2.75) is 78.2 Å². The summed E-state index contributed by atoms with van der Waals surface area (Å²) in [4.78, 5) is 26.6. The predicted molar refractivity (Wildman–Crippen MR) is 102 cm³/mol. The highest BCUT2D eigenvalue weighted by molar-refractivity contribution is 5.90. The van der Waals surface area contributed by atoms with Gasteiger partial charge in [0.15, 0.2) is 0 Å². The molecule has 0 bridgehead atoms. The van der Waals surface area contributed by atoms with E-state index < -0.39 is 23.3 Å². The van der Waals surface area contributed by atoms with Crippen molar-refractivity contribution in [3.8, 4) is 0 Å². The maximum Gasteiger partial charge on any atom is 0.410 e. The number of ether oxygens (including phenoxy) is 2. The molecule has 7 heteroatoms. The monoisotopic (exact) mass is 378 g/mol. The van der Waals surface area contributed by atoms with Gasteiger partial charge in [-0.3, -0.25) is 10.7 Å². The van der Waals surface area contributed by atoms with Crippen LogP contribution in [-0.2, 0) is 16.0 Å². The van der Waals surface area contributed by atoms with Gasteiger partial charge in [0, 0.05) is 6.04 Å².